The molecule has 0 bridgehead atoms. The predicted molar refractivity (Wildman–Crippen MR) is 123 cm³/mol. The molecule has 2 amide bonds. The Bertz CT molecular complexity index is 1250. The number of carbonyl (C=O) groups excluding carboxylic acids is 2. The molecule has 0 saturated carbocycles. The van der Waals surface area contributed by atoms with Crippen LogP contribution in [0, 0.1) is 0 Å². The number of carbonyl (C=O) groups is 2. The van der Waals surface area contributed by atoms with Gasteiger partial charge in [0, 0.05) is 25.1 Å². The minimum Gasteiger partial charge on any atom is -0.345 e. The first-order valence-corrected chi connectivity index (χ1v) is 10.8. The molecule has 0 spiro atoms. The highest BCUT2D eigenvalue weighted by Gasteiger charge is 2.21. The summed E-state index contributed by atoms with van der Waals surface area (Å²) in [6, 6.07) is 23.1. The van der Waals surface area contributed by atoms with E-state index in [9.17, 15) is 9.59 Å². The van der Waals surface area contributed by atoms with Gasteiger partial charge in [0.15, 0.2) is 0 Å². The van der Waals surface area contributed by atoms with Crippen molar-refractivity contribution in [1.29, 1.82) is 0 Å². The molecule has 1 aliphatic rings. The van der Waals surface area contributed by atoms with E-state index in [2.05, 4.69) is 15.3 Å². The highest BCUT2D eigenvalue weighted by Crippen LogP contribution is 2.25. The van der Waals surface area contributed by atoms with E-state index < -0.39 is 0 Å². The van der Waals surface area contributed by atoms with Crippen molar-refractivity contribution in [3.8, 4) is 0 Å². The molecular formula is C26H24N4O2. The number of nitrogens with one attached hydrogen (secondary N) is 2. The average molecular weight is 425 g/mol. The summed E-state index contributed by atoms with van der Waals surface area (Å²) in [6.07, 6.45) is 3.22. The molecule has 2 heterocycles. The van der Waals surface area contributed by atoms with E-state index in [4.69, 9.17) is 0 Å². The van der Waals surface area contributed by atoms with E-state index >= 15 is 0 Å². The van der Waals surface area contributed by atoms with Crippen molar-refractivity contribution in [2.45, 2.75) is 25.4 Å². The van der Waals surface area contributed by atoms with Gasteiger partial charge in [0.1, 0.15) is 0 Å². The number of aromatic nitrogens is 2. The normalized spacial score (nSPS) is 14.6. The number of benzene rings is 3. The average Bonchev–Trinajstić information content (AvgIpc) is 3.46. The van der Waals surface area contributed by atoms with E-state index in [1.54, 1.807) is 6.33 Å². The van der Waals surface area contributed by atoms with Gasteiger partial charge in [0.2, 0.25) is 5.91 Å². The highest BCUT2D eigenvalue weighted by atomic mass is 16.2. The van der Waals surface area contributed by atoms with Crippen LogP contribution in [0.2, 0.25) is 0 Å². The molecule has 160 valence electrons. The minimum atomic E-state index is -0.293. The van der Waals surface area contributed by atoms with Crippen LogP contribution in [0.1, 0.15) is 45.9 Å². The lowest BCUT2D eigenvalue weighted by Crippen LogP contribution is -2.29. The van der Waals surface area contributed by atoms with E-state index in [0.29, 0.717) is 18.5 Å². The van der Waals surface area contributed by atoms with Gasteiger partial charge in [-0.2, -0.15) is 0 Å². The van der Waals surface area contributed by atoms with Crippen LogP contribution in [0.15, 0.2) is 79.1 Å². The summed E-state index contributed by atoms with van der Waals surface area (Å²) in [5, 5.41) is 3.18. The molecule has 2 N–H and O–H groups in total. The SMILES string of the molecule is O=C(NC(c1ccccc1)c1ccc2nc[nH]c2c1)c1ccc(CN2CCCC2=O)cc1. The fourth-order valence-corrected chi connectivity index (χ4v) is 4.20. The van der Waals surface area contributed by atoms with E-state index in [1.165, 1.54) is 0 Å². The van der Waals surface area contributed by atoms with Crippen LogP contribution < -0.4 is 5.32 Å². The Balaban J connectivity index is 1.37. The van der Waals surface area contributed by atoms with E-state index in [0.717, 1.165) is 40.7 Å². The number of fused-ring (bicyclic) bond motifs is 1. The van der Waals surface area contributed by atoms with E-state index in [-0.39, 0.29) is 17.9 Å². The van der Waals surface area contributed by atoms with Crippen LogP contribution in [-0.4, -0.2) is 33.2 Å². The lowest BCUT2D eigenvalue weighted by molar-refractivity contribution is -0.128. The Hall–Kier alpha value is -3.93. The molecular weight excluding hydrogens is 400 g/mol. The summed E-state index contributed by atoms with van der Waals surface area (Å²) in [4.78, 5) is 34.3. The van der Waals surface area contributed by atoms with Crippen molar-refractivity contribution in [3.05, 3.63) is 101 Å². The third-order valence-electron chi connectivity index (χ3n) is 5.95. The Morgan fingerprint density at radius 1 is 1.03 bits per heavy atom. The second-order valence-corrected chi connectivity index (χ2v) is 8.11. The van der Waals surface area contributed by atoms with Crippen LogP contribution in [0.25, 0.3) is 11.0 Å². The summed E-state index contributed by atoms with van der Waals surface area (Å²) in [5.74, 6) is 0.0547. The topological polar surface area (TPSA) is 78.1 Å². The van der Waals surface area contributed by atoms with Gasteiger partial charge in [-0.3, -0.25) is 9.59 Å². The zero-order chi connectivity index (χ0) is 21.9. The molecule has 1 unspecified atom stereocenters. The summed E-state index contributed by atoms with van der Waals surface area (Å²) < 4.78 is 0. The molecule has 4 aromatic rings. The van der Waals surface area contributed by atoms with Crippen LogP contribution in [0.4, 0.5) is 0 Å². The second-order valence-electron chi connectivity index (χ2n) is 8.11. The molecule has 1 aliphatic heterocycles. The number of hydrogen-bond donors (Lipinski definition) is 2. The third-order valence-corrected chi connectivity index (χ3v) is 5.95. The van der Waals surface area contributed by atoms with Gasteiger partial charge in [-0.1, -0.05) is 48.5 Å². The lowest BCUT2D eigenvalue weighted by Gasteiger charge is -2.20. The number of imidazole rings is 1. The number of amides is 2. The predicted octanol–water partition coefficient (Wildman–Crippen LogP) is 4.20. The third kappa shape index (κ3) is 4.12. The summed E-state index contributed by atoms with van der Waals surface area (Å²) in [7, 11) is 0. The molecule has 3 aromatic carbocycles. The Labute approximate surface area is 186 Å². The monoisotopic (exact) mass is 424 g/mol. The first-order valence-electron chi connectivity index (χ1n) is 10.8. The number of H-pyrrole nitrogens is 1. The maximum Gasteiger partial charge on any atom is 0.252 e. The summed E-state index contributed by atoms with van der Waals surface area (Å²) >= 11 is 0. The largest absolute Gasteiger partial charge is 0.345 e. The highest BCUT2D eigenvalue weighted by molar-refractivity contribution is 5.94. The van der Waals surface area contributed by atoms with Crippen molar-refractivity contribution in [1.82, 2.24) is 20.2 Å². The zero-order valence-corrected chi connectivity index (χ0v) is 17.6. The van der Waals surface area contributed by atoms with Gasteiger partial charge in [-0.05, 0) is 47.4 Å². The standard InChI is InChI=1S/C26H24N4O2/c31-24-7-4-14-30(24)16-18-8-10-20(11-9-18)26(32)29-25(19-5-2-1-3-6-19)21-12-13-22-23(15-21)28-17-27-22/h1-3,5-6,8-13,15,17,25H,4,7,14,16H2,(H,27,28)(H,29,32). The maximum absolute atomic E-state index is 13.1. The molecule has 1 saturated heterocycles. The smallest absolute Gasteiger partial charge is 0.252 e. The van der Waals surface area contributed by atoms with Crippen molar-refractivity contribution in [2.75, 3.05) is 6.54 Å². The van der Waals surface area contributed by atoms with Crippen molar-refractivity contribution < 1.29 is 9.59 Å². The van der Waals surface area contributed by atoms with Gasteiger partial charge in [-0.25, -0.2) is 4.98 Å². The fourth-order valence-electron chi connectivity index (χ4n) is 4.20. The molecule has 6 nitrogen and oxygen atoms in total. The molecule has 1 fully saturated rings. The van der Waals surface area contributed by atoms with Crippen molar-refractivity contribution in [3.63, 3.8) is 0 Å². The summed E-state index contributed by atoms with van der Waals surface area (Å²) in [5.41, 5.74) is 5.41. The van der Waals surface area contributed by atoms with Crippen LogP contribution >= 0.6 is 0 Å². The first kappa shape index (κ1) is 20.0. The number of nitrogens with zero attached hydrogens (tertiary/aromatic N) is 2. The number of rotatable bonds is 6. The van der Waals surface area contributed by atoms with Crippen LogP contribution in [-0.2, 0) is 11.3 Å². The maximum atomic E-state index is 13.1. The lowest BCUT2D eigenvalue weighted by atomic mass is 9.97. The van der Waals surface area contributed by atoms with Gasteiger partial charge in [-0.15, -0.1) is 0 Å². The van der Waals surface area contributed by atoms with Crippen molar-refractivity contribution in [2.24, 2.45) is 0 Å². The molecule has 0 aliphatic carbocycles. The Morgan fingerprint density at radius 2 is 1.84 bits per heavy atom. The molecule has 1 aromatic heterocycles. The van der Waals surface area contributed by atoms with Crippen molar-refractivity contribution >= 4 is 22.8 Å². The Kier molecular flexibility index (Phi) is 5.42. The fraction of sp³-hybridized carbons (Fsp3) is 0.192. The second kappa shape index (κ2) is 8.67. The number of likely N-dealkylation sites (tertiary alicyclic amines) is 1. The number of hydrogen-bond acceptors (Lipinski definition) is 3. The zero-order valence-electron chi connectivity index (χ0n) is 17.6. The molecule has 1 atom stereocenters. The number of aromatic amines is 1. The van der Waals surface area contributed by atoms with Gasteiger partial charge in [0.05, 0.1) is 23.4 Å². The van der Waals surface area contributed by atoms with Crippen LogP contribution in [0.5, 0.6) is 0 Å². The van der Waals surface area contributed by atoms with E-state index in [1.807, 2.05) is 77.7 Å². The Morgan fingerprint density at radius 3 is 2.59 bits per heavy atom. The minimum absolute atomic E-state index is 0.146. The van der Waals surface area contributed by atoms with Crippen LogP contribution in [0.3, 0.4) is 0 Å². The van der Waals surface area contributed by atoms with Gasteiger partial charge in [0.25, 0.3) is 5.91 Å². The van der Waals surface area contributed by atoms with Gasteiger partial charge >= 0.3 is 0 Å². The summed E-state index contributed by atoms with van der Waals surface area (Å²) in [6.45, 7) is 1.40. The molecule has 32 heavy (non-hydrogen) atoms. The quantitative estimate of drug-likeness (QED) is 0.487. The molecule has 5 rings (SSSR count). The molecule has 6 heteroatoms. The first-order chi connectivity index (χ1) is 15.7. The van der Waals surface area contributed by atoms with Gasteiger partial charge < -0.3 is 15.2 Å². The molecule has 0 radical (unpaired) electrons.